The molecule has 0 amide bonds. The van der Waals surface area contributed by atoms with Gasteiger partial charge in [-0.25, -0.2) is 9.59 Å². The van der Waals surface area contributed by atoms with Crippen molar-refractivity contribution < 1.29 is 28.6 Å². The highest BCUT2D eigenvalue weighted by Gasteiger charge is 2.25. The fourth-order valence-corrected chi connectivity index (χ4v) is 2.11. The van der Waals surface area contributed by atoms with Gasteiger partial charge < -0.3 is 19.0 Å². The Balaban J connectivity index is 2.66. The van der Waals surface area contributed by atoms with E-state index in [1.807, 2.05) is 0 Å². The van der Waals surface area contributed by atoms with Crippen molar-refractivity contribution in [3.05, 3.63) is 29.0 Å². The summed E-state index contributed by atoms with van der Waals surface area (Å²) in [5.74, 6) is -1.36. The van der Waals surface area contributed by atoms with E-state index in [9.17, 15) is 14.7 Å². The van der Waals surface area contributed by atoms with E-state index in [4.69, 9.17) is 13.9 Å². The summed E-state index contributed by atoms with van der Waals surface area (Å²) >= 11 is 0. The maximum atomic E-state index is 12.0. The number of phenols is 1. The predicted octanol–water partition coefficient (Wildman–Crippen LogP) is 2.80. The van der Waals surface area contributed by atoms with E-state index in [1.54, 1.807) is 20.8 Å². The molecule has 0 bridgehead atoms. The molecule has 112 valence electrons. The molecule has 1 N–H and O–H groups in total. The molecule has 0 atom stereocenters. The van der Waals surface area contributed by atoms with Gasteiger partial charge in [0.25, 0.3) is 0 Å². The normalized spacial score (nSPS) is 10.6. The van der Waals surface area contributed by atoms with Gasteiger partial charge in [0.15, 0.2) is 11.3 Å². The van der Waals surface area contributed by atoms with Crippen molar-refractivity contribution >= 4 is 22.9 Å². The number of hydrogen-bond acceptors (Lipinski definition) is 6. The molecule has 0 saturated carbocycles. The summed E-state index contributed by atoms with van der Waals surface area (Å²) in [7, 11) is 0. The second-order valence-electron chi connectivity index (χ2n) is 4.33. The topological polar surface area (TPSA) is 86.0 Å². The molecule has 0 radical (unpaired) electrons. The highest BCUT2D eigenvalue weighted by Crippen LogP contribution is 2.35. The van der Waals surface area contributed by atoms with Crippen molar-refractivity contribution in [2.75, 3.05) is 13.2 Å². The van der Waals surface area contributed by atoms with E-state index in [0.29, 0.717) is 10.9 Å². The molecule has 0 aliphatic rings. The van der Waals surface area contributed by atoms with Crippen molar-refractivity contribution in [2.45, 2.75) is 20.8 Å². The van der Waals surface area contributed by atoms with Crippen LogP contribution in [0.2, 0.25) is 0 Å². The summed E-state index contributed by atoms with van der Waals surface area (Å²) in [6, 6.07) is 2.76. The quantitative estimate of drug-likeness (QED) is 0.872. The molecule has 0 spiro atoms. The molecule has 6 heteroatoms. The minimum Gasteiger partial charge on any atom is -0.504 e. The highest BCUT2D eigenvalue weighted by molar-refractivity contribution is 6.08. The van der Waals surface area contributed by atoms with Crippen LogP contribution in [0.15, 0.2) is 16.5 Å². The molecule has 0 unspecified atom stereocenters. The van der Waals surface area contributed by atoms with Crippen LogP contribution < -0.4 is 0 Å². The third kappa shape index (κ3) is 2.56. The zero-order valence-electron chi connectivity index (χ0n) is 12.1. The van der Waals surface area contributed by atoms with Crippen molar-refractivity contribution in [1.29, 1.82) is 0 Å². The van der Waals surface area contributed by atoms with Gasteiger partial charge in [0.1, 0.15) is 0 Å². The third-order valence-electron chi connectivity index (χ3n) is 3.01. The van der Waals surface area contributed by atoms with Crippen molar-refractivity contribution in [1.82, 2.24) is 0 Å². The van der Waals surface area contributed by atoms with Gasteiger partial charge in [-0.05, 0) is 32.9 Å². The van der Waals surface area contributed by atoms with Gasteiger partial charge in [-0.2, -0.15) is 0 Å². The van der Waals surface area contributed by atoms with Gasteiger partial charge in [0.2, 0.25) is 5.76 Å². The van der Waals surface area contributed by atoms with Crippen molar-refractivity contribution in [3.8, 4) is 5.75 Å². The van der Waals surface area contributed by atoms with Crippen LogP contribution in [0.3, 0.4) is 0 Å². The monoisotopic (exact) mass is 292 g/mol. The van der Waals surface area contributed by atoms with Crippen LogP contribution >= 0.6 is 0 Å². The van der Waals surface area contributed by atoms with E-state index in [-0.39, 0.29) is 35.9 Å². The summed E-state index contributed by atoms with van der Waals surface area (Å²) in [5, 5.41) is 10.2. The van der Waals surface area contributed by atoms with E-state index in [2.05, 4.69) is 0 Å². The number of phenolic OH excluding ortho intramolecular Hbond substituents is 1. The average Bonchev–Trinajstić information content (AvgIpc) is 2.79. The smallest absolute Gasteiger partial charge is 0.374 e. The van der Waals surface area contributed by atoms with Crippen LogP contribution in [0.1, 0.15) is 40.3 Å². The van der Waals surface area contributed by atoms with Gasteiger partial charge in [0, 0.05) is 10.9 Å². The second kappa shape index (κ2) is 5.87. The van der Waals surface area contributed by atoms with E-state index in [1.165, 1.54) is 12.1 Å². The number of rotatable bonds is 4. The highest BCUT2D eigenvalue weighted by atomic mass is 16.5. The van der Waals surface area contributed by atoms with Crippen LogP contribution in [0.5, 0.6) is 5.75 Å². The fraction of sp³-hybridized carbons (Fsp3) is 0.333. The number of carbonyl (C=O) groups is 2. The Morgan fingerprint density at radius 1 is 1.14 bits per heavy atom. The summed E-state index contributed by atoms with van der Waals surface area (Å²) in [4.78, 5) is 23.8. The Bertz CT molecular complexity index is 698. The van der Waals surface area contributed by atoms with Gasteiger partial charge >= 0.3 is 11.9 Å². The molecule has 1 heterocycles. The van der Waals surface area contributed by atoms with Crippen LogP contribution in [0.25, 0.3) is 11.0 Å². The van der Waals surface area contributed by atoms with Gasteiger partial charge in [-0.1, -0.05) is 0 Å². The van der Waals surface area contributed by atoms with E-state index < -0.39 is 11.9 Å². The number of hydrogen-bond donors (Lipinski definition) is 1. The summed E-state index contributed by atoms with van der Waals surface area (Å²) < 4.78 is 15.2. The Hall–Kier alpha value is -2.50. The molecule has 2 aromatic rings. The van der Waals surface area contributed by atoms with Gasteiger partial charge in [-0.3, -0.25) is 0 Å². The first-order valence-electron chi connectivity index (χ1n) is 6.60. The number of fused-ring (bicyclic) bond motifs is 1. The Labute approximate surface area is 121 Å². The fourth-order valence-electron chi connectivity index (χ4n) is 2.11. The van der Waals surface area contributed by atoms with E-state index >= 15 is 0 Å². The molecular weight excluding hydrogens is 276 g/mol. The molecule has 1 aromatic carbocycles. The first-order chi connectivity index (χ1) is 10.0. The standard InChI is InChI=1S/C15H16O6/c1-4-19-14(17)9-6-7-10(16)13-11(9)8(3)12(21-13)15(18)20-5-2/h6-7,16H,4-5H2,1-3H3. The summed E-state index contributed by atoms with van der Waals surface area (Å²) in [5.41, 5.74) is 0.741. The number of furan rings is 1. The van der Waals surface area contributed by atoms with Crippen molar-refractivity contribution in [2.24, 2.45) is 0 Å². The van der Waals surface area contributed by atoms with Gasteiger partial charge in [-0.15, -0.1) is 0 Å². The Kier molecular flexibility index (Phi) is 4.16. The number of aryl methyl sites for hydroxylation is 1. The number of aromatic hydroxyl groups is 1. The van der Waals surface area contributed by atoms with Crippen LogP contribution in [-0.2, 0) is 9.47 Å². The second-order valence-corrected chi connectivity index (χ2v) is 4.33. The molecule has 6 nitrogen and oxygen atoms in total. The predicted molar refractivity (Wildman–Crippen MR) is 74.5 cm³/mol. The Morgan fingerprint density at radius 3 is 2.38 bits per heavy atom. The summed E-state index contributed by atoms with van der Waals surface area (Å²) in [6.45, 7) is 5.42. The lowest BCUT2D eigenvalue weighted by Gasteiger charge is -2.04. The lowest BCUT2D eigenvalue weighted by atomic mass is 10.1. The Morgan fingerprint density at radius 2 is 1.76 bits per heavy atom. The largest absolute Gasteiger partial charge is 0.504 e. The maximum absolute atomic E-state index is 12.0. The lowest BCUT2D eigenvalue weighted by Crippen LogP contribution is -2.06. The van der Waals surface area contributed by atoms with Gasteiger partial charge in [0.05, 0.1) is 18.8 Å². The number of ether oxygens (including phenoxy) is 2. The van der Waals surface area contributed by atoms with Crippen molar-refractivity contribution in [3.63, 3.8) is 0 Å². The minimum atomic E-state index is -0.639. The lowest BCUT2D eigenvalue weighted by molar-refractivity contribution is 0.0489. The molecule has 2 rings (SSSR count). The average molecular weight is 292 g/mol. The van der Waals surface area contributed by atoms with Crippen LogP contribution in [-0.4, -0.2) is 30.3 Å². The third-order valence-corrected chi connectivity index (χ3v) is 3.01. The molecule has 0 aliphatic heterocycles. The maximum Gasteiger partial charge on any atom is 0.374 e. The molecule has 21 heavy (non-hydrogen) atoms. The zero-order valence-corrected chi connectivity index (χ0v) is 12.1. The van der Waals surface area contributed by atoms with Crippen LogP contribution in [0.4, 0.5) is 0 Å². The number of esters is 2. The number of carbonyl (C=O) groups excluding carboxylic acids is 2. The number of benzene rings is 1. The first kappa shape index (κ1) is 14.9. The molecule has 0 fully saturated rings. The first-order valence-corrected chi connectivity index (χ1v) is 6.60. The van der Waals surface area contributed by atoms with Crippen LogP contribution in [0, 0.1) is 6.92 Å². The SMILES string of the molecule is CCOC(=O)c1oc2c(O)ccc(C(=O)OCC)c2c1C. The minimum absolute atomic E-state index is 0.0288. The molecule has 1 aromatic heterocycles. The van der Waals surface area contributed by atoms with E-state index in [0.717, 1.165) is 0 Å². The zero-order chi connectivity index (χ0) is 15.6. The summed E-state index contributed by atoms with van der Waals surface area (Å²) in [6.07, 6.45) is 0. The molecule has 0 saturated heterocycles. The molecular formula is C15H16O6. The molecule has 0 aliphatic carbocycles.